The van der Waals surface area contributed by atoms with Crippen LogP contribution in [-0.2, 0) is 0 Å². The average Bonchev–Trinajstić information content (AvgIpc) is 2.49. The summed E-state index contributed by atoms with van der Waals surface area (Å²) >= 11 is 6.14. The van der Waals surface area contributed by atoms with Crippen molar-refractivity contribution >= 4 is 28.9 Å². The highest BCUT2D eigenvalue weighted by atomic mass is 35.5. The van der Waals surface area contributed by atoms with Gasteiger partial charge < -0.3 is 20.5 Å². The number of hydrogen-bond acceptors (Lipinski definition) is 4. The summed E-state index contributed by atoms with van der Waals surface area (Å²) in [5.41, 5.74) is 7.96. The third kappa shape index (κ3) is 3.26. The molecular weight excluding hydrogens is 304 g/mol. The minimum Gasteiger partial charge on any atom is -0.497 e. The zero-order chi connectivity index (χ0) is 16.3. The van der Waals surface area contributed by atoms with Gasteiger partial charge in [-0.2, -0.15) is 0 Å². The summed E-state index contributed by atoms with van der Waals surface area (Å²) in [6, 6.07) is 8.30. The Bertz CT molecular complexity index is 694. The van der Waals surface area contributed by atoms with Crippen molar-refractivity contribution in [3.05, 3.63) is 46.5 Å². The van der Waals surface area contributed by atoms with E-state index in [9.17, 15) is 4.79 Å². The first-order valence-electron chi connectivity index (χ1n) is 6.55. The van der Waals surface area contributed by atoms with Gasteiger partial charge in [0.2, 0.25) is 0 Å². The fraction of sp³-hybridized carbons (Fsp3) is 0.188. The number of hydrogen-bond donors (Lipinski definition) is 2. The zero-order valence-corrected chi connectivity index (χ0v) is 13.3. The number of amides is 1. The number of anilines is 2. The highest BCUT2D eigenvalue weighted by Gasteiger charge is 2.16. The molecule has 0 radical (unpaired) electrons. The SMILES string of the molecule is COc1ccc(C(=O)Nc2c(C)cc(N)cc2Cl)c(OC)c1. The first kappa shape index (κ1) is 16.0. The molecule has 0 aliphatic rings. The van der Waals surface area contributed by atoms with Crippen LogP contribution in [0.1, 0.15) is 15.9 Å². The van der Waals surface area contributed by atoms with Gasteiger partial charge in [0.15, 0.2) is 0 Å². The molecule has 116 valence electrons. The summed E-state index contributed by atoms with van der Waals surface area (Å²) in [5, 5.41) is 3.17. The Balaban J connectivity index is 2.34. The average molecular weight is 321 g/mol. The molecule has 0 heterocycles. The summed E-state index contributed by atoms with van der Waals surface area (Å²) in [6.07, 6.45) is 0. The van der Waals surface area contributed by atoms with E-state index in [4.69, 9.17) is 26.8 Å². The predicted octanol–water partition coefficient (Wildman–Crippen LogP) is 3.50. The highest BCUT2D eigenvalue weighted by molar-refractivity contribution is 6.34. The molecule has 0 saturated carbocycles. The van der Waals surface area contributed by atoms with Crippen molar-refractivity contribution in [1.82, 2.24) is 0 Å². The van der Waals surface area contributed by atoms with E-state index < -0.39 is 0 Å². The molecule has 0 fully saturated rings. The number of nitrogens with two attached hydrogens (primary N) is 1. The Morgan fingerprint density at radius 3 is 2.50 bits per heavy atom. The van der Waals surface area contributed by atoms with Crippen LogP contribution in [-0.4, -0.2) is 20.1 Å². The number of carbonyl (C=O) groups excluding carboxylic acids is 1. The van der Waals surface area contributed by atoms with Crippen LogP contribution in [0.25, 0.3) is 0 Å². The normalized spacial score (nSPS) is 10.2. The monoisotopic (exact) mass is 320 g/mol. The standard InChI is InChI=1S/C16H17ClN2O3/c1-9-6-10(18)7-13(17)15(9)19-16(20)12-5-4-11(21-2)8-14(12)22-3/h4-8H,18H2,1-3H3,(H,19,20). The fourth-order valence-electron chi connectivity index (χ4n) is 2.10. The fourth-order valence-corrected chi connectivity index (χ4v) is 2.42. The second kappa shape index (κ2) is 6.58. The molecule has 0 aromatic heterocycles. The van der Waals surface area contributed by atoms with Crippen molar-refractivity contribution in [2.75, 3.05) is 25.3 Å². The summed E-state index contributed by atoms with van der Waals surface area (Å²) < 4.78 is 10.3. The van der Waals surface area contributed by atoms with Crippen molar-refractivity contribution in [1.29, 1.82) is 0 Å². The molecular formula is C16H17ClN2O3. The van der Waals surface area contributed by atoms with Gasteiger partial charge in [0.25, 0.3) is 5.91 Å². The molecule has 3 N–H and O–H groups in total. The maximum Gasteiger partial charge on any atom is 0.259 e. The van der Waals surface area contributed by atoms with Crippen molar-refractivity contribution < 1.29 is 14.3 Å². The molecule has 0 aliphatic heterocycles. The molecule has 0 aliphatic carbocycles. The molecule has 22 heavy (non-hydrogen) atoms. The quantitative estimate of drug-likeness (QED) is 0.846. The van der Waals surface area contributed by atoms with Crippen LogP contribution in [0, 0.1) is 6.92 Å². The minimum atomic E-state index is -0.325. The van der Waals surface area contributed by atoms with Crippen LogP contribution in [0.15, 0.2) is 30.3 Å². The first-order chi connectivity index (χ1) is 10.5. The van der Waals surface area contributed by atoms with Crippen LogP contribution < -0.4 is 20.5 Å². The van der Waals surface area contributed by atoms with E-state index in [-0.39, 0.29) is 5.91 Å². The van der Waals surface area contributed by atoms with E-state index in [0.29, 0.717) is 33.5 Å². The minimum absolute atomic E-state index is 0.325. The smallest absolute Gasteiger partial charge is 0.259 e. The second-order valence-corrected chi connectivity index (χ2v) is 5.12. The Morgan fingerprint density at radius 2 is 1.91 bits per heavy atom. The first-order valence-corrected chi connectivity index (χ1v) is 6.93. The third-order valence-electron chi connectivity index (χ3n) is 3.20. The third-order valence-corrected chi connectivity index (χ3v) is 3.50. The van der Waals surface area contributed by atoms with Crippen molar-refractivity contribution in [3.63, 3.8) is 0 Å². The molecule has 0 saturated heterocycles. The van der Waals surface area contributed by atoms with Crippen LogP contribution in [0.3, 0.4) is 0 Å². The van der Waals surface area contributed by atoms with Gasteiger partial charge in [-0.25, -0.2) is 0 Å². The largest absolute Gasteiger partial charge is 0.497 e. The number of methoxy groups -OCH3 is 2. The number of halogens is 1. The van der Waals surface area contributed by atoms with E-state index in [0.717, 1.165) is 5.56 Å². The number of rotatable bonds is 4. The van der Waals surface area contributed by atoms with E-state index in [2.05, 4.69) is 5.32 Å². The molecule has 0 bridgehead atoms. The molecule has 6 heteroatoms. The number of ether oxygens (including phenoxy) is 2. The number of aryl methyl sites for hydroxylation is 1. The van der Waals surface area contributed by atoms with Gasteiger partial charge in [-0.1, -0.05) is 11.6 Å². The number of nitrogens with one attached hydrogen (secondary N) is 1. The van der Waals surface area contributed by atoms with E-state index in [1.807, 2.05) is 6.92 Å². The molecule has 2 rings (SSSR count). The van der Waals surface area contributed by atoms with Gasteiger partial charge in [-0.3, -0.25) is 4.79 Å². The van der Waals surface area contributed by atoms with E-state index in [1.54, 1.807) is 37.4 Å². The van der Waals surface area contributed by atoms with E-state index in [1.165, 1.54) is 7.11 Å². The maximum atomic E-state index is 12.5. The summed E-state index contributed by atoms with van der Waals surface area (Å²) in [5.74, 6) is 0.699. The lowest BCUT2D eigenvalue weighted by Crippen LogP contribution is -2.14. The summed E-state index contributed by atoms with van der Waals surface area (Å²) in [6.45, 7) is 1.82. The Kier molecular flexibility index (Phi) is 4.78. The van der Waals surface area contributed by atoms with Gasteiger partial charge in [0, 0.05) is 11.8 Å². The molecule has 2 aromatic carbocycles. The van der Waals surface area contributed by atoms with Crippen molar-refractivity contribution in [3.8, 4) is 11.5 Å². The lowest BCUT2D eigenvalue weighted by Gasteiger charge is -2.14. The molecule has 2 aromatic rings. The van der Waals surface area contributed by atoms with Crippen LogP contribution in [0.2, 0.25) is 5.02 Å². The van der Waals surface area contributed by atoms with Crippen LogP contribution >= 0.6 is 11.6 Å². The van der Waals surface area contributed by atoms with Crippen molar-refractivity contribution in [2.45, 2.75) is 6.92 Å². The molecule has 0 unspecified atom stereocenters. The van der Waals surface area contributed by atoms with Crippen LogP contribution in [0.4, 0.5) is 11.4 Å². The molecule has 0 spiro atoms. The Hall–Kier alpha value is -2.40. The molecule has 1 amide bonds. The van der Waals surface area contributed by atoms with Gasteiger partial charge >= 0.3 is 0 Å². The maximum absolute atomic E-state index is 12.5. The zero-order valence-electron chi connectivity index (χ0n) is 12.6. The number of carbonyl (C=O) groups is 1. The Morgan fingerprint density at radius 1 is 1.18 bits per heavy atom. The van der Waals surface area contributed by atoms with Gasteiger partial charge in [-0.05, 0) is 36.8 Å². The lowest BCUT2D eigenvalue weighted by atomic mass is 10.1. The number of benzene rings is 2. The molecule has 0 atom stereocenters. The van der Waals surface area contributed by atoms with E-state index >= 15 is 0 Å². The second-order valence-electron chi connectivity index (χ2n) is 4.71. The van der Waals surface area contributed by atoms with Gasteiger partial charge in [0.1, 0.15) is 11.5 Å². The van der Waals surface area contributed by atoms with Gasteiger partial charge in [-0.15, -0.1) is 0 Å². The highest BCUT2D eigenvalue weighted by Crippen LogP contribution is 2.30. The van der Waals surface area contributed by atoms with Crippen molar-refractivity contribution in [2.24, 2.45) is 0 Å². The lowest BCUT2D eigenvalue weighted by molar-refractivity contribution is 0.102. The van der Waals surface area contributed by atoms with Gasteiger partial charge in [0.05, 0.1) is 30.5 Å². The predicted molar refractivity (Wildman–Crippen MR) is 88.1 cm³/mol. The topological polar surface area (TPSA) is 73.6 Å². The summed E-state index contributed by atoms with van der Waals surface area (Å²) in [4.78, 5) is 12.5. The molecule has 5 nitrogen and oxygen atoms in total. The Labute approximate surface area is 134 Å². The van der Waals surface area contributed by atoms with Crippen LogP contribution in [0.5, 0.6) is 11.5 Å². The number of nitrogen functional groups attached to an aromatic ring is 1. The summed E-state index contributed by atoms with van der Waals surface area (Å²) in [7, 11) is 3.04.